The van der Waals surface area contributed by atoms with Gasteiger partial charge in [-0.15, -0.1) is 11.3 Å². The van der Waals surface area contributed by atoms with E-state index in [1.54, 1.807) is 5.38 Å². The lowest BCUT2D eigenvalue weighted by atomic mass is 10.1. The van der Waals surface area contributed by atoms with E-state index in [0.717, 1.165) is 27.8 Å². The zero-order valence-corrected chi connectivity index (χ0v) is 15.1. The van der Waals surface area contributed by atoms with Gasteiger partial charge in [-0.2, -0.15) is 0 Å². The van der Waals surface area contributed by atoms with E-state index in [0.29, 0.717) is 11.3 Å². The molecule has 0 spiro atoms. The molecule has 5 nitrogen and oxygen atoms in total. The minimum absolute atomic E-state index is 0.0121. The van der Waals surface area contributed by atoms with E-state index < -0.39 is 12.0 Å². The number of urea groups is 1. The van der Waals surface area contributed by atoms with E-state index in [1.165, 1.54) is 0 Å². The number of thiophene rings is 1. The fraction of sp³-hybridized carbons (Fsp3) is 0.250. The number of aromatic carboxylic acids is 1. The largest absolute Gasteiger partial charge is 0.477 e. The van der Waals surface area contributed by atoms with Crippen molar-refractivity contribution in [2.24, 2.45) is 0 Å². The summed E-state index contributed by atoms with van der Waals surface area (Å²) in [7, 11) is 0. The molecule has 1 aromatic carbocycles. The molecule has 0 saturated carbocycles. The first-order chi connectivity index (χ1) is 10.9. The Morgan fingerprint density at radius 1 is 1.30 bits per heavy atom. The van der Waals surface area contributed by atoms with Gasteiger partial charge >= 0.3 is 12.0 Å². The first-order valence-electron chi connectivity index (χ1n) is 7.10. The van der Waals surface area contributed by atoms with Crippen LogP contribution in [0.2, 0.25) is 0 Å². The number of anilines is 1. The Kier molecular flexibility index (Phi) is 5.79. The third-order valence-corrected chi connectivity index (χ3v) is 4.87. The molecule has 1 aromatic heterocycles. The second kappa shape index (κ2) is 7.61. The average molecular weight is 397 g/mol. The normalized spacial score (nSPS) is 11.8. The fourth-order valence-electron chi connectivity index (χ4n) is 1.96. The number of benzene rings is 1. The monoisotopic (exact) mass is 396 g/mol. The zero-order valence-electron chi connectivity index (χ0n) is 12.7. The van der Waals surface area contributed by atoms with Crippen LogP contribution in [0.15, 0.2) is 34.1 Å². The van der Waals surface area contributed by atoms with Crippen molar-refractivity contribution in [3.05, 3.63) is 39.0 Å². The molecule has 3 N–H and O–H groups in total. The van der Waals surface area contributed by atoms with Gasteiger partial charge in [0.2, 0.25) is 0 Å². The lowest BCUT2D eigenvalue weighted by molar-refractivity contribution is 0.0703. The zero-order chi connectivity index (χ0) is 17.0. The Labute approximate surface area is 146 Å². The number of rotatable bonds is 5. The molecule has 2 aromatic rings. The Morgan fingerprint density at radius 3 is 2.52 bits per heavy atom. The topological polar surface area (TPSA) is 78.4 Å². The Morgan fingerprint density at radius 2 is 1.96 bits per heavy atom. The molecule has 0 fully saturated rings. The summed E-state index contributed by atoms with van der Waals surface area (Å²) in [4.78, 5) is 23.6. The molecule has 0 aliphatic rings. The van der Waals surface area contributed by atoms with Crippen molar-refractivity contribution in [1.82, 2.24) is 5.32 Å². The minimum atomic E-state index is -1.06. The predicted octanol–water partition coefficient (Wildman–Crippen LogP) is 4.80. The highest BCUT2D eigenvalue weighted by molar-refractivity contribution is 9.10. The van der Waals surface area contributed by atoms with Crippen LogP contribution in [-0.4, -0.2) is 23.1 Å². The van der Waals surface area contributed by atoms with E-state index >= 15 is 0 Å². The van der Waals surface area contributed by atoms with Crippen LogP contribution < -0.4 is 10.6 Å². The van der Waals surface area contributed by atoms with E-state index in [4.69, 9.17) is 0 Å². The fourth-order valence-corrected chi connectivity index (χ4v) is 3.09. The summed E-state index contributed by atoms with van der Waals surface area (Å²) < 4.78 is 0.930. The molecule has 2 rings (SSSR count). The second-order valence-corrected chi connectivity index (χ2v) is 6.87. The first-order valence-corrected chi connectivity index (χ1v) is 8.77. The summed E-state index contributed by atoms with van der Waals surface area (Å²) in [5.74, 6) is -1.06. The maximum absolute atomic E-state index is 12.1. The van der Waals surface area contributed by atoms with Crippen molar-refractivity contribution in [2.45, 2.75) is 26.3 Å². The number of carboxylic acids is 1. The maximum atomic E-state index is 12.1. The lowest BCUT2D eigenvalue weighted by Crippen LogP contribution is -2.35. The van der Waals surface area contributed by atoms with Crippen LogP contribution in [0, 0.1) is 0 Å². The van der Waals surface area contributed by atoms with Gasteiger partial charge in [-0.05, 0) is 31.0 Å². The van der Waals surface area contributed by atoms with Crippen LogP contribution in [-0.2, 0) is 0 Å². The van der Waals surface area contributed by atoms with E-state index in [1.807, 2.05) is 38.1 Å². The van der Waals surface area contributed by atoms with Crippen molar-refractivity contribution < 1.29 is 14.7 Å². The van der Waals surface area contributed by atoms with Gasteiger partial charge in [-0.1, -0.05) is 35.0 Å². The molecule has 0 aliphatic carbocycles. The van der Waals surface area contributed by atoms with Gasteiger partial charge in [-0.3, -0.25) is 0 Å². The SMILES string of the molecule is CCC(C)NC(=O)Nc1c(-c2ccc(Br)cc2)csc1C(=O)O. The van der Waals surface area contributed by atoms with E-state index in [9.17, 15) is 14.7 Å². The van der Waals surface area contributed by atoms with Crippen molar-refractivity contribution in [3.63, 3.8) is 0 Å². The van der Waals surface area contributed by atoms with E-state index in [-0.39, 0.29) is 10.9 Å². The molecule has 23 heavy (non-hydrogen) atoms. The molecule has 2 amide bonds. The molecule has 1 heterocycles. The molecule has 0 saturated heterocycles. The predicted molar refractivity (Wildman–Crippen MR) is 96.3 cm³/mol. The van der Waals surface area contributed by atoms with Crippen LogP contribution in [0.1, 0.15) is 29.9 Å². The molecular formula is C16H17BrN2O3S. The molecule has 0 aliphatic heterocycles. The van der Waals surface area contributed by atoms with Crippen molar-refractivity contribution in [2.75, 3.05) is 5.32 Å². The Hall–Kier alpha value is -1.86. The number of carbonyl (C=O) groups is 2. The molecule has 122 valence electrons. The number of nitrogens with one attached hydrogen (secondary N) is 2. The lowest BCUT2D eigenvalue weighted by Gasteiger charge is -2.14. The minimum Gasteiger partial charge on any atom is -0.477 e. The maximum Gasteiger partial charge on any atom is 0.348 e. The summed E-state index contributed by atoms with van der Waals surface area (Å²) >= 11 is 4.47. The van der Waals surface area contributed by atoms with Crippen molar-refractivity contribution >= 4 is 45.0 Å². The molecule has 0 bridgehead atoms. The molecule has 7 heteroatoms. The van der Waals surface area contributed by atoms with Gasteiger partial charge in [-0.25, -0.2) is 9.59 Å². The number of carboxylic acid groups (broad SMARTS) is 1. The number of carbonyl (C=O) groups excluding carboxylic acids is 1. The third-order valence-electron chi connectivity index (χ3n) is 3.37. The summed E-state index contributed by atoms with van der Waals surface area (Å²) in [6, 6.07) is 7.09. The van der Waals surface area contributed by atoms with Crippen LogP contribution in [0.3, 0.4) is 0 Å². The summed E-state index contributed by atoms with van der Waals surface area (Å²) in [5.41, 5.74) is 1.86. The van der Waals surface area contributed by atoms with Gasteiger partial charge in [0.1, 0.15) is 4.88 Å². The van der Waals surface area contributed by atoms with Crippen molar-refractivity contribution in [1.29, 1.82) is 0 Å². The van der Waals surface area contributed by atoms with E-state index in [2.05, 4.69) is 26.6 Å². The highest BCUT2D eigenvalue weighted by atomic mass is 79.9. The smallest absolute Gasteiger partial charge is 0.348 e. The van der Waals surface area contributed by atoms with Crippen LogP contribution in [0.5, 0.6) is 0 Å². The van der Waals surface area contributed by atoms with Gasteiger partial charge < -0.3 is 15.7 Å². The highest BCUT2D eigenvalue weighted by Gasteiger charge is 2.20. The number of halogens is 1. The number of amides is 2. The summed E-state index contributed by atoms with van der Waals surface area (Å²) in [6.07, 6.45) is 0.794. The Balaban J connectivity index is 2.35. The van der Waals surface area contributed by atoms with Crippen LogP contribution >= 0.6 is 27.3 Å². The summed E-state index contributed by atoms with van der Waals surface area (Å²) in [6.45, 7) is 3.85. The molecule has 1 unspecified atom stereocenters. The van der Waals surface area contributed by atoms with Crippen LogP contribution in [0.4, 0.5) is 10.5 Å². The summed E-state index contributed by atoms with van der Waals surface area (Å²) in [5, 5.41) is 16.5. The quantitative estimate of drug-likeness (QED) is 0.679. The van der Waals surface area contributed by atoms with Gasteiger partial charge in [0.15, 0.2) is 0 Å². The number of hydrogen-bond donors (Lipinski definition) is 3. The molecule has 1 atom stereocenters. The standard InChI is InChI=1S/C16H17BrN2O3S/c1-3-9(2)18-16(22)19-13-12(8-23-14(13)15(20)21)10-4-6-11(17)7-5-10/h4-9H,3H2,1-2H3,(H,20,21)(H2,18,19,22). The highest BCUT2D eigenvalue weighted by Crippen LogP contribution is 2.36. The number of hydrogen-bond acceptors (Lipinski definition) is 3. The van der Waals surface area contributed by atoms with Crippen LogP contribution in [0.25, 0.3) is 11.1 Å². The molecular weight excluding hydrogens is 380 g/mol. The van der Waals surface area contributed by atoms with Crippen molar-refractivity contribution in [3.8, 4) is 11.1 Å². The second-order valence-electron chi connectivity index (χ2n) is 5.07. The third kappa shape index (κ3) is 4.33. The average Bonchev–Trinajstić information content (AvgIpc) is 2.91. The van der Waals surface area contributed by atoms with Gasteiger partial charge in [0.05, 0.1) is 5.69 Å². The van der Waals surface area contributed by atoms with Gasteiger partial charge in [0, 0.05) is 21.5 Å². The molecule has 0 radical (unpaired) electrons. The Bertz CT molecular complexity index is 713. The van der Waals surface area contributed by atoms with Gasteiger partial charge in [0.25, 0.3) is 0 Å². The first kappa shape index (κ1) is 17.5.